The molecule has 0 bridgehead atoms. The van der Waals surface area contributed by atoms with Gasteiger partial charge >= 0.3 is 0 Å². The highest BCUT2D eigenvalue weighted by Gasteiger charge is 2.41. The van der Waals surface area contributed by atoms with Crippen molar-refractivity contribution in [2.45, 2.75) is 44.4 Å². The average molecular weight is 344 g/mol. The summed E-state index contributed by atoms with van der Waals surface area (Å²) in [7, 11) is 0. The summed E-state index contributed by atoms with van der Waals surface area (Å²) in [6.45, 7) is 7.93. The summed E-state index contributed by atoms with van der Waals surface area (Å²) in [5.41, 5.74) is 0.708. The lowest BCUT2D eigenvalue weighted by atomic mass is 9.73. The van der Waals surface area contributed by atoms with E-state index in [1.54, 1.807) is 0 Å². The van der Waals surface area contributed by atoms with E-state index < -0.39 is 5.41 Å². The maximum absolute atomic E-state index is 13.0. The molecule has 1 N–H and O–H groups in total. The average Bonchev–Trinajstić information content (AvgIpc) is 2.66. The summed E-state index contributed by atoms with van der Waals surface area (Å²) < 4.78 is 5.52. The van der Waals surface area contributed by atoms with Gasteiger partial charge in [0.25, 0.3) is 0 Å². The van der Waals surface area contributed by atoms with Gasteiger partial charge in [0.15, 0.2) is 0 Å². The minimum Gasteiger partial charge on any atom is -0.381 e. The minimum atomic E-state index is -0.418. The van der Waals surface area contributed by atoms with Crippen molar-refractivity contribution < 1.29 is 9.53 Å². The third-order valence-corrected chi connectivity index (χ3v) is 5.79. The molecule has 0 aromatic heterocycles. The molecule has 4 heteroatoms. The lowest BCUT2D eigenvalue weighted by Gasteiger charge is -2.36. The molecule has 138 valence electrons. The number of hydrogen-bond acceptors (Lipinski definition) is 3. The van der Waals surface area contributed by atoms with Crippen molar-refractivity contribution in [2.24, 2.45) is 5.92 Å². The maximum atomic E-state index is 13.0. The highest BCUT2D eigenvalue weighted by molar-refractivity contribution is 5.88. The summed E-state index contributed by atoms with van der Waals surface area (Å²) in [5, 5.41) is 3.22. The third-order valence-electron chi connectivity index (χ3n) is 5.79. The first-order chi connectivity index (χ1) is 12.2. The van der Waals surface area contributed by atoms with Gasteiger partial charge in [0, 0.05) is 26.3 Å². The number of likely N-dealkylation sites (tertiary alicyclic amines) is 1. The second kappa shape index (κ2) is 8.81. The van der Waals surface area contributed by atoms with Crippen LogP contribution in [0.3, 0.4) is 0 Å². The zero-order valence-electron chi connectivity index (χ0n) is 15.5. The van der Waals surface area contributed by atoms with Crippen molar-refractivity contribution in [1.29, 1.82) is 0 Å². The van der Waals surface area contributed by atoms with Crippen LogP contribution in [0.25, 0.3) is 0 Å². The van der Waals surface area contributed by atoms with Crippen LogP contribution >= 0.6 is 0 Å². The first-order valence-electron chi connectivity index (χ1n) is 9.85. The highest BCUT2D eigenvalue weighted by Crippen LogP contribution is 2.35. The SMILES string of the molecule is C[C@H]1CCCN(CCCNC(=O)C2(c3ccccc3)CCOCC2)C1. The molecule has 25 heavy (non-hydrogen) atoms. The van der Waals surface area contributed by atoms with E-state index in [1.165, 1.54) is 25.9 Å². The zero-order chi connectivity index (χ0) is 17.5. The van der Waals surface area contributed by atoms with Gasteiger partial charge in [-0.2, -0.15) is 0 Å². The topological polar surface area (TPSA) is 41.6 Å². The molecule has 2 saturated heterocycles. The zero-order valence-corrected chi connectivity index (χ0v) is 15.5. The van der Waals surface area contributed by atoms with Gasteiger partial charge in [-0.05, 0) is 56.7 Å². The van der Waals surface area contributed by atoms with Gasteiger partial charge in [-0.25, -0.2) is 0 Å². The number of nitrogens with zero attached hydrogens (tertiary/aromatic N) is 1. The number of hydrogen-bond donors (Lipinski definition) is 1. The van der Waals surface area contributed by atoms with Crippen molar-refractivity contribution in [3.8, 4) is 0 Å². The van der Waals surface area contributed by atoms with E-state index in [4.69, 9.17) is 4.74 Å². The number of piperidine rings is 1. The van der Waals surface area contributed by atoms with Gasteiger partial charge in [-0.15, -0.1) is 0 Å². The van der Waals surface area contributed by atoms with Crippen LogP contribution in [-0.4, -0.2) is 50.2 Å². The second-order valence-corrected chi connectivity index (χ2v) is 7.72. The lowest BCUT2D eigenvalue weighted by Crippen LogP contribution is -2.48. The van der Waals surface area contributed by atoms with Gasteiger partial charge < -0.3 is 15.0 Å². The smallest absolute Gasteiger partial charge is 0.230 e. The van der Waals surface area contributed by atoms with E-state index in [0.29, 0.717) is 13.2 Å². The van der Waals surface area contributed by atoms with Crippen molar-refractivity contribution >= 4 is 5.91 Å². The first kappa shape index (κ1) is 18.4. The van der Waals surface area contributed by atoms with E-state index in [9.17, 15) is 4.79 Å². The van der Waals surface area contributed by atoms with Crippen LogP contribution in [0.15, 0.2) is 30.3 Å². The monoisotopic (exact) mass is 344 g/mol. The summed E-state index contributed by atoms with van der Waals surface area (Å²) >= 11 is 0. The molecule has 1 amide bonds. The molecule has 1 aromatic carbocycles. The molecular weight excluding hydrogens is 312 g/mol. The molecule has 2 aliphatic rings. The molecule has 1 atom stereocenters. The van der Waals surface area contributed by atoms with Gasteiger partial charge in [0.2, 0.25) is 5.91 Å². The highest BCUT2D eigenvalue weighted by atomic mass is 16.5. The molecule has 0 unspecified atom stereocenters. The Morgan fingerprint density at radius 1 is 1.28 bits per heavy atom. The van der Waals surface area contributed by atoms with E-state index >= 15 is 0 Å². The lowest BCUT2D eigenvalue weighted by molar-refractivity contribution is -0.130. The summed E-state index contributed by atoms with van der Waals surface area (Å²) in [6.07, 6.45) is 5.23. The first-order valence-corrected chi connectivity index (χ1v) is 9.85. The van der Waals surface area contributed by atoms with E-state index in [-0.39, 0.29) is 5.91 Å². The molecule has 4 nitrogen and oxygen atoms in total. The number of nitrogens with one attached hydrogen (secondary N) is 1. The fourth-order valence-electron chi connectivity index (χ4n) is 4.29. The Balaban J connectivity index is 1.53. The molecule has 0 saturated carbocycles. The molecular formula is C21H32N2O2. The van der Waals surface area contributed by atoms with Crippen LogP contribution in [0.2, 0.25) is 0 Å². The molecule has 0 spiro atoms. The molecule has 1 aromatic rings. The van der Waals surface area contributed by atoms with Crippen LogP contribution < -0.4 is 5.32 Å². The van der Waals surface area contributed by atoms with Crippen molar-refractivity contribution in [1.82, 2.24) is 10.2 Å². The fourth-order valence-corrected chi connectivity index (χ4v) is 4.29. The third kappa shape index (κ3) is 4.62. The molecule has 3 rings (SSSR count). The Hall–Kier alpha value is -1.39. The summed E-state index contributed by atoms with van der Waals surface area (Å²) in [5.74, 6) is 0.987. The Morgan fingerprint density at radius 3 is 2.76 bits per heavy atom. The Kier molecular flexibility index (Phi) is 6.49. The summed E-state index contributed by atoms with van der Waals surface area (Å²) in [6, 6.07) is 10.2. The minimum absolute atomic E-state index is 0.175. The maximum Gasteiger partial charge on any atom is 0.230 e. The Bertz CT molecular complexity index is 540. The fraction of sp³-hybridized carbons (Fsp3) is 0.667. The number of carbonyl (C=O) groups excluding carboxylic acids is 1. The second-order valence-electron chi connectivity index (χ2n) is 7.72. The molecule has 2 aliphatic heterocycles. The number of carbonyl (C=O) groups is 1. The van der Waals surface area contributed by atoms with Crippen molar-refractivity contribution in [3.05, 3.63) is 35.9 Å². The predicted molar refractivity (Wildman–Crippen MR) is 101 cm³/mol. The van der Waals surface area contributed by atoms with Gasteiger partial charge in [0.05, 0.1) is 5.41 Å². The largest absolute Gasteiger partial charge is 0.381 e. The normalized spacial score (nSPS) is 24.0. The van der Waals surface area contributed by atoms with Gasteiger partial charge in [-0.3, -0.25) is 4.79 Å². The van der Waals surface area contributed by atoms with Gasteiger partial charge in [0.1, 0.15) is 0 Å². The van der Waals surface area contributed by atoms with Crippen LogP contribution in [0.1, 0.15) is 44.6 Å². The Morgan fingerprint density at radius 2 is 2.04 bits per heavy atom. The standard InChI is InChI=1S/C21H32N2O2/c1-18-7-5-13-23(17-18)14-6-12-22-20(24)21(10-15-25-16-11-21)19-8-3-2-4-9-19/h2-4,8-9,18H,5-7,10-17H2,1H3,(H,22,24)/t18-/m0/s1. The van der Waals surface area contributed by atoms with Crippen LogP contribution in [0, 0.1) is 5.92 Å². The Labute approximate surface area is 151 Å². The summed E-state index contributed by atoms with van der Waals surface area (Å²) in [4.78, 5) is 15.6. The van der Waals surface area contributed by atoms with Crippen LogP contribution in [0.4, 0.5) is 0 Å². The number of rotatable bonds is 6. The quantitative estimate of drug-likeness (QED) is 0.807. The van der Waals surface area contributed by atoms with E-state index in [2.05, 4.69) is 29.3 Å². The van der Waals surface area contributed by atoms with Gasteiger partial charge in [-0.1, -0.05) is 37.3 Å². The van der Waals surface area contributed by atoms with Crippen LogP contribution in [-0.2, 0) is 14.9 Å². The predicted octanol–water partition coefficient (Wildman–Crippen LogP) is 2.97. The molecule has 2 heterocycles. The van der Waals surface area contributed by atoms with Crippen LogP contribution in [0.5, 0.6) is 0 Å². The number of amides is 1. The van der Waals surface area contributed by atoms with Crippen molar-refractivity contribution in [3.63, 3.8) is 0 Å². The molecule has 0 aliphatic carbocycles. The number of ether oxygens (including phenoxy) is 1. The van der Waals surface area contributed by atoms with E-state index in [1.807, 2.05) is 18.2 Å². The number of benzene rings is 1. The van der Waals surface area contributed by atoms with Crippen molar-refractivity contribution in [2.75, 3.05) is 39.4 Å². The van der Waals surface area contributed by atoms with E-state index in [0.717, 1.165) is 43.8 Å². The molecule has 0 radical (unpaired) electrons. The molecule has 2 fully saturated rings.